The van der Waals surface area contributed by atoms with Gasteiger partial charge in [0.05, 0.1) is 7.11 Å². The third kappa shape index (κ3) is 2.09. The molecule has 6 heteroatoms. The van der Waals surface area contributed by atoms with Crippen molar-refractivity contribution in [3.63, 3.8) is 0 Å². The molecule has 0 fully saturated rings. The maximum Gasteiger partial charge on any atom is 0.263 e. The van der Waals surface area contributed by atoms with Crippen molar-refractivity contribution < 1.29 is 24.8 Å². The summed E-state index contributed by atoms with van der Waals surface area (Å²) < 4.78 is 10.6. The minimum absolute atomic E-state index is 0.204. The molecule has 1 heterocycles. The summed E-state index contributed by atoms with van der Waals surface area (Å²) in [6.45, 7) is -0.204. The topological polar surface area (TPSA) is 70.7 Å². The molecule has 0 saturated heterocycles. The van der Waals surface area contributed by atoms with Gasteiger partial charge in [-0.3, -0.25) is 0 Å². The van der Waals surface area contributed by atoms with Gasteiger partial charge >= 0.3 is 0 Å². The average Bonchev–Trinajstić information content (AvgIpc) is 2.56. The number of ether oxygens (including phenoxy) is 2. The third-order valence-electron chi connectivity index (χ3n) is 3.49. The third-order valence-corrected chi connectivity index (χ3v) is 3.49. The first-order valence-corrected chi connectivity index (χ1v) is 6.36. The van der Waals surface area contributed by atoms with Crippen LogP contribution in [0.15, 0.2) is 48.5 Å². The van der Waals surface area contributed by atoms with Crippen molar-refractivity contribution in [3.8, 4) is 11.5 Å². The molecule has 108 valence electrons. The van der Waals surface area contributed by atoms with Crippen molar-refractivity contribution in [2.24, 2.45) is 0 Å². The largest absolute Gasteiger partial charge is 0.497 e. The number of rotatable bonds is 3. The minimum Gasteiger partial charge on any atom is -0.497 e. The van der Waals surface area contributed by atoms with Crippen LogP contribution in [0, 0.1) is 0 Å². The number of fused-ring (bicyclic) bond motifs is 1. The molecule has 3 rings (SSSR count). The molecule has 0 amide bonds. The van der Waals surface area contributed by atoms with Crippen LogP contribution in [0.3, 0.4) is 0 Å². The molecule has 0 aromatic heterocycles. The zero-order valence-corrected chi connectivity index (χ0v) is 11.3. The molecular formula is C15H13NO5. The summed E-state index contributed by atoms with van der Waals surface area (Å²) in [6.07, 6.45) is 0. The Labute approximate surface area is 121 Å². The van der Waals surface area contributed by atoms with E-state index in [1.165, 1.54) is 7.11 Å². The molecule has 0 saturated carbocycles. The van der Waals surface area contributed by atoms with E-state index < -0.39 is 5.72 Å². The van der Waals surface area contributed by atoms with Crippen LogP contribution in [0.25, 0.3) is 0 Å². The van der Waals surface area contributed by atoms with E-state index in [1.54, 1.807) is 48.5 Å². The molecule has 6 nitrogen and oxygen atoms in total. The Morgan fingerprint density at radius 2 is 2.00 bits per heavy atom. The first-order chi connectivity index (χ1) is 10.2. The maximum absolute atomic E-state index is 12.6. The predicted molar refractivity (Wildman–Crippen MR) is 71.5 cm³/mol. The average molecular weight is 287 g/mol. The van der Waals surface area contributed by atoms with Gasteiger partial charge in [0.15, 0.2) is 0 Å². The van der Waals surface area contributed by atoms with Crippen molar-refractivity contribution in [1.82, 2.24) is 0 Å². The van der Waals surface area contributed by atoms with Crippen LogP contribution in [0.4, 0.5) is 5.69 Å². The molecule has 2 aromatic rings. The number of methoxy groups -OCH3 is 1. The molecule has 0 N–H and O–H groups in total. The Bertz CT molecular complexity index is 647. The number of benzene rings is 2. The van der Waals surface area contributed by atoms with Gasteiger partial charge in [0.2, 0.25) is 0 Å². The molecule has 0 aliphatic carbocycles. The molecule has 1 atom stereocenters. The Morgan fingerprint density at radius 3 is 2.76 bits per heavy atom. The van der Waals surface area contributed by atoms with E-state index in [-0.39, 0.29) is 12.3 Å². The zero-order valence-electron chi connectivity index (χ0n) is 11.3. The van der Waals surface area contributed by atoms with Gasteiger partial charge in [-0.05, 0) is 29.5 Å². The maximum atomic E-state index is 12.6. The molecule has 2 aromatic carbocycles. The molecule has 1 aliphatic rings. The lowest BCUT2D eigenvalue weighted by Crippen LogP contribution is -2.52. The highest BCUT2D eigenvalue weighted by molar-refractivity contribution is 5.60. The minimum atomic E-state index is -1.77. The highest BCUT2D eigenvalue weighted by atomic mass is 17.1. The summed E-state index contributed by atoms with van der Waals surface area (Å²) >= 11 is 0. The van der Waals surface area contributed by atoms with E-state index in [1.807, 2.05) is 0 Å². The molecule has 1 unspecified atom stereocenters. The van der Waals surface area contributed by atoms with Crippen LogP contribution in [0.2, 0.25) is 0 Å². The first kappa shape index (κ1) is 13.7. The van der Waals surface area contributed by atoms with E-state index in [9.17, 15) is 10.5 Å². The Hall–Kier alpha value is -2.28. The molecule has 21 heavy (non-hydrogen) atoms. The normalized spacial score (nSPS) is 20.6. The van der Waals surface area contributed by atoms with Crippen molar-refractivity contribution in [2.45, 2.75) is 5.72 Å². The fraction of sp³-hybridized carbons (Fsp3) is 0.200. The Balaban J connectivity index is 2.09. The summed E-state index contributed by atoms with van der Waals surface area (Å²) in [5, 5.41) is 24.6. The second kappa shape index (κ2) is 5.25. The van der Waals surface area contributed by atoms with Gasteiger partial charge in [-0.2, -0.15) is 9.95 Å². The van der Waals surface area contributed by atoms with Gasteiger partial charge in [0.1, 0.15) is 23.8 Å². The second-order valence-electron chi connectivity index (χ2n) is 4.65. The van der Waals surface area contributed by atoms with Crippen LogP contribution in [0.1, 0.15) is 5.56 Å². The van der Waals surface area contributed by atoms with Crippen molar-refractivity contribution in [3.05, 3.63) is 54.1 Å². The first-order valence-electron chi connectivity index (χ1n) is 6.36. The van der Waals surface area contributed by atoms with E-state index >= 15 is 0 Å². The number of para-hydroxylation sites is 2. The fourth-order valence-corrected chi connectivity index (χ4v) is 2.35. The molecular weight excluding hydrogens is 274 g/mol. The van der Waals surface area contributed by atoms with Crippen molar-refractivity contribution >= 4 is 5.69 Å². The standard InChI is InChI=1S/C15H13NO5/c1-19-12-6-4-5-11(9-12)15(21-18)10-20-14-8-3-2-7-13(14)16(15)17/h2-9H,10H2,1H3. The van der Waals surface area contributed by atoms with Crippen LogP contribution in [0.5, 0.6) is 11.5 Å². The molecule has 1 aliphatic heterocycles. The van der Waals surface area contributed by atoms with Gasteiger partial charge < -0.3 is 9.47 Å². The van der Waals surface area contributed by atoms with Gasteiger partial charge in [-0.25, -0.2) is 0 Å². The summed E-state index contributed by atoms with van der Waals surface area (Å²) in [5.41, 5.74) is -1.15. The monoisotopic (exact) mass is 287 g/mol. The summed E-state index contributed by atoms with van der Waals surface area (Å²) in [5.74, 6) is 0.944. The van der Waals surface area contributed by atoms with Crippen LogP contribution < -0.4 is 14.5 Å². The van der Waals surface area contributed by atoms with E-state index in [2.05, 4.69) is 4.89 Å². The molecule has 2 radical (unpaired) electrons. The zero-order chi connectivity index (χ0) is 14.9. The van der Waals surface area contributed by atoms with Gasteiger partial charge in [-0.1, -0.05) is 29.5 Å². The van der Waals surface area contributed by atoms with E-state index in [0.29, 0.717) is 22.1 Å². The van der Waals surface area contributed by atoms with Gasteiger partial charge in [0, 0.05) is 5.56 Å². The second-order valence-corrected chi connectivity index (χ2v) is 4.65. The number of anilines is 1. The quantitative estimate of drug-likeness (QED) is 0.642. The smallest absolute Gasteiger partial charge is 0.263 e. The predicted octanol–water partition coefficient (Wildman–Crippen LogP) is 2.45. The summed E-state index contributed by atoms with van der Waals surface area (Å²) in [4.78, 5) is 4.32. The SMILES string of the molecule is COc1cccc(C2(O[O])COc3ccccc3N2[O])c1. The van der Waals surface area contributed by atoms with Gasteiger partial charge in [-0.15, -0.1) is 0 Å². The number of hydroxylamine groups is 1. The Morgan fingerprint density at radius 1 is 1.19 bits per heavy atom. The number of hydrogen-bond acceptors (Lipinski definition) is 4. The Kier molecular flexibility index (Phi) is 3.42. The summed E-state index contributed by atoms with van der Waals surface area (Å²) in [7, 11) is 1.51. The van der Waals surface area contributed by atoms with Crippen LogP contribution in [-0.2, 0) is 21.1 Å². The van der Waals surface area contributed by atoms with Crippen molar-refractivity contribution in [2.75, 3.05) is 18.8 Å². The van der Waals surface area contributed by atoms with Crippen LogP contribution >= 0.6 is 0 Å². The number of nitrogens with zero attached hydrogens (tertiary/aromatic N) is 1. The van der Waals surface area contributed by atoms with E-state index in [0.717, 1.165) is 0 Å². The summed E-state index contributed by atoms with van der Waals surface area (Å²) in [6, 6.07) is 13.3. The van der Waals surface area contributed by atoms with E-state index in [4.69, 9.17) is 9.47 Å². The number of hydrogen-bond donors (Lipinski definition) is 0. The van der Waals surface area contributed by atoms with Gasteiger partial charge in [0.25, 0.3) is 5.72 Å². The molecule has 0 bridgehead atoms. The molecule has 0 spiro atoms. The fourth-order valence-electron chi connectivity index (χ4n) is 2.35. The lowest BCUT2D eigenvalue weighted by atomic mass is 10.0. The lowest BCUT2D eigenvalue weighted by Gasteiger charge is -2.39. The highest BCUT2D eigenvalue weighted by Crippen LogP contribution is 2.42. The van der Waals surface area contributed by atoms with Crippen molar-refractivity contribution in [1.29, 1.82) is 0 Å². The van der Waals surface area contributed by atoms with Crippen LogP contribution in [-0.4, -0.2) is 13.7 Å². The lowest BCUT2D eigenvalue weighted by molar-refractivity contribution is -0.399. The highest BCUT2D eigenvalue weighted by Gasteiger charge is 2.48.